The van der Waals surface area contributed by atoms with Crippen LogP contribution in [0.5, 0.6) is 0 Å². The zero-order valence-corrected chi connectivity index (χ0v) is 12.8. The number of aromatic amines is 1. The number of rotatable bonds is 6. The molecule has 5 heteroatoms. The first-order chi connectivity index (χ1) is 10.8. The van der Waals surface area contributed by atoms with Crippen molar-refractivity contribution in [3.8, 4) is 0 Å². The Labute approximate surface area is 130 Å². The number of aliphatic hydroxyl groups excluding tert-OH is 1. The molecule has 118 valence electrons. The van der Waals surface area contributed by atoms with Crippen molar-refractivity contribution in [2.75, 3.05) is 13.2 Å². The van der Waals surface area contributed by atoms with E-state index in [9.17, 15) is 5.11 Å². The third kappa shape index (κ3) is 3.38. The molecule has 0 amide bonds. The fourth-order valence-corrected chi connectivity index (χ4v) is 3.03. The first kappa shape index (κ1) is 15.2. The van der Waals surface area contributed by atoms with Gasteiger partial charge in [0.25, 0.3) is 0 Å². The predicted molar refractivity (Wildman–Crippen MR) is 84.2 cm³/mol. The van der Waals surface area contributed by atoms with Crippen molar-refractivity contribution in [3.63, 3.8) is 0 Å². The molecule has 0 saturated carbocycles. The van der Waals surface area contributed by atoms with Crippen LogP contribution < -0.4 is 5.32 Å². The van der Waals surface area contributed by atoms with Crippen molar-refractivity contribution in [2.45, 2.75) is 32.1 Å². The molecular weight excluding hydrogens is 278 g/mol. The van der Waals surface area contributed by atoms with Gasteiger partial charge in [0, 0.05) is 36.9 Å². The number of H-pyrrole nitrogens is 1. The molecule has 1 fully saturated rings. The van der Waals surface area contributed by atoms with Gasteiger partial charge in [0.15, 0.2) is 0 Å². The molecule has 0 spiro atoms. The summed E-state index contributed by atoms with van der Waals surface area (Å²) in [5.41, 5.74) is 3.27. The second-order valence-corrected chi connectivity index (χ2v) is 5.90. The van der Waals surface area contributed by atoms with Gasteiger partial charge in [-0.15, -0.1) is 0 Å². The first-order valence-electron chi connectivity index (χ1n) is 7.81. The topological polar surface area (TPSA) is 70.2 Å². The van der Waals surface area contributed by atoms with Crippen molar-refractivity contribution in [2.24, 2.45) is 5.92 Å². The highest BCUT2D eigenvalue weighted by Crippen LogP contribution is 2.33. The molecule has 5 nitrogen and oxygen atoms in total. The van der Waals surface area contributed by atoms with Crippen molar-refractivity contribution in [3.05, 3.63) is 53.3 Å². The summed E-state index contributed by atoms with van der Waals surface area (Å²) in [6.45, 7) is 3.94. The Morgan fingerprint density at radius 3 is 3.18 bits per heavy atom. The number of nitrogens with one attached hydrogen (secondary N) is 2. The second-order valence-electron chi connectivity index (χ2n) is 5.90. The monoisotopic (exact) mass is 301 g/mol. The van der Waals surface area contributed by atoms with Crippen LogP contribution in [0.4, 0.5) is 0 Å². The number of hydrogen-bond acceptors (Lipinski definition) is 4. The molecule has 1 aromatic heterocycles. The molecule has 1 aliphatic rings. The van der Waals surface area contributed by atoms with Crippen molar-refractivity contribution in [1.29, 1.82) is 0 Å². The molecule has 22 heavy (non-hydrogen) atoms. The van der Waals surface area contributed by atoms with E-state index in [0.29, 0.717) is 5.92 Å². The third-order valence-corrected chi connectivity index (χ3v) is 4.38. The molecule has 0 radical (unpaired) electrons. The molecule has 3 rings (SSSR count). The Bertz CT molecular complexity index is 585. The predicted octanol–water partition coefficient (Wildman–Crippen LogP) is 2.33. The van der Waals surface area contributed by atoms with Gasteiger partial charge < -0.3 is 15.2 Å². The molecule has 2 heterocycles. The van der Waals surface area contributed by atoms with Crippen molar-refractivity contribution < 1.29 is 9.84 Å². The minimum atomic E-state index is 0.0829. The summed E-state index contributed by atoms with van der Waals surface area (Å²) in [5, 5.41) is 19.7. The number of hydrogen-bond donors (Lipinski definition) is 3. The van der Waals surface area contributed by atoms with Crippen molar-refractivity contribution >= 4 is 0 Å². The van der Waals surface area contributed by atoms with Crippen LogP contribution in [0.25, 0.3) is 0 Å². The summed E-state index contributed by atoms with van der Waals surface area (Å²) in [5.74, 6) is 0.459. The number of aliphatic hydroxyl groups is 1. The van der Waals surface area contributed by atoms with Gasteiger partial charge in [-0.2, -0.15) is 5.10 Å². The molecule has 1 aliphatic heterocycles. The molecule has 1 aromatic carbocycles. The van der Waals surface area contributed by atoms with Gasteiger partial charge in [-0.3, -0.25) is 5.10 Å². The maximum absolute atomic E-state index is 9.24. The van der Waals surface area contributed by atoms with E-state index in [-0.39, 0.29) is 18.8 Å². The van der Waals surface area contributed by atoms with Crippen LogP contribution in [-0.4, -0.2) is 28.5 Å². The molecule has 0 aliphatic carbocycles. The Balaban J connectivity index is 1.59. The lowest BCUT2D eigenvalue weighted by Crippen LogP contribution is -2.27. The Morgan fingerprint density at radius 2 is 2.41 bits per heavy atom. The van der Waals surface area contributed by atoms with E-state index in [1.165, 1.54) is 5.56 Å². The van der Waals surface area contributed by atoms with Crippen molar-refractivity contribution in [1.82, 2.24) is 15.5 Å². The minimum Gasteiger partial charge on any atom is -0.392 e. The molecular formula is C17H23N3O2. The van der Waals surface area contributed by atoms with Gasteiger partial charge in [0.1, 0.15) is 0 Å². The van der Waals surface area contributed by atoms with E-state index in [2.05, 4.69) is 34.6 Å². The highest BCUT2D eigenvalue weighted by molar-refractivity contribution is 5.25. The van der Waals surface area contributed by atoms with E-state index in [4.69, 9.17) is 4.74 Å². The summed E-state index contributed by atoms with van der Waals surface area (Å²) in [6, 6.07) is 8.32. The summed E-state index contributed by atoms with van der Waals surface area (Å²) >= 11 is 0. The number of benzene rings is 1. The average molecular weight is 301 g/mol. The number of aromatic nitrogens is 2. The lowest BCUT2D eigenvalue weighted by atomic mass is 9.96. The first-order valence-corrected chi connectivity index (χ1v) is 7.81. The van der Waals surface area contributed by atoms with Crippen LogP contribution in [0.2, 0.25) is 0 Å². The molecule has 2 aromatic rings. The van der Waals surface area contributed by atoms with Gasteiger partial charge in [-0.05, 0) is 24.5 Å². The molecule has 1 unspecified atom stereocenters. The van der Waals surface area contributed by atoms with Gasteiger partial charge in [0.2, 0.25) is 0 Å². The van der Waals surface area contributed by atoms with Crippen LogP contribution in [0.1, 0.15) is 42.2 Å². The fraction of sp³-hybridized carbons (Fsp3) is 0.471. The van der Waals surface area contributed by atoms with Gasteiger partial charge >= 0.3 is 0 Å². The lowest BCUT2D eigenvalue weighted by molar-refractivity contribution is 0.0899. The van der Waals surface area contributed by atoms with Crippen LogP contribution in [0.3, 0.4) is 0 Å². The molecule has 0 bridgehead atoms. The smallest absolute Gasteiger partial charge is 0.0896 e. The molecule has 3 atom stereocenters. The Hall–Kier alpha value is -1.69. The summed E-state index contributed by atoms with van der Waals surface area (Å²) in [7, 11) is 0. The standard InChI is InChI=1S/C17H23N3O2/c1-12(14-4-2-3-13(7-14)11-21)18-8-15-5-6-22-17(15)16-9-19-20-10-16/h2-4,7,9-10,12,15,17-18,21H,5-6,8,11H2,1H3,(H,19,20)/t12?,15-,17+/m1/s1. The minimum absolute atomic E-state index is 0.0829. The quantitative estimate of drug-likeness (QED) is 0.766. The van der Waals surface area contributed by atoms with E-state index >= 15 is 0 Å². The normalized spacial score (nSPS) is 22.8. The highest BCUT2D eigenvalue weighted by Gasteiger charge is 2.30. The van der Waals surface area contributed by atoms with Gasteiger partial charge in [0.05, 0.1) is 18.9 Å². The maximum Gasteiger partial charge on any atom is 0.0896 e. The number of nitrogens with zero attached hydrogens (tertiary/aromatic N) is 1. The zero-order valence-electron chi connectivity index (χ0n) is 12.8. The van der Waals surface area contributed by atoms with E-state index in [0.717, 1.165) is 30.7 Å². The molecule has 3 N–H and O–H groups in total. The summed E-state index contributed by atoms with van der Waals surface area (Å²) < 4.78 is 5.85. The lowest BCUT2D eigenvalue weighted by Gasteiger charge is -2.21. The summed E-state index contributed by atoms with van der Waals surface area (Å²) in [4.78, 5) is 0. The van der Waals surface area contributed by atoms with E-state index in [1.807, 2.05) is 24.5 Å². The van der Waals surface area contributed by atoms with Crippen LogP contribution in [0.15, 0.2) is 36.7 Å². The van der Waals surface area contributed by atoms with Crippen LogP contribution >= 0.6 is 0 Å². The Kier molecular flexibility index (Phi) is 4.87. The van der Waals surface area contributed by atoms with Crippen LogP contribution in [0, 0.1) is 5.92 Å². The largest absolute Gasteiger partial charge is 0.392 e. The van der Waals surface area contributed by atoms with E-state index in [1.54, 1.807) is 0 Å². The highest BCUT2D eigenvalue weighted by atomic mass is 16.5. The zero-order chi connectivity index (χ0) is 15.4. The molecule has 1 saturated heterocycles. The maximum atomic E-state index is 9.24. The third-order valence-electron chi connectivity index (χ3n) is 4.38. The van der Waals surface area contributed by atoms with Gasteiger partial charge in [-0.25, -0.2) is 0 Å². The van der Waals surface area contributed by atoms with Gasteiger partial charge in [-0.1, -0.05) is 24.3 Å². The number of ether oxygens (including phenoxy) is 1. The fourth-order valence-electron chi connectivity index (χ4n) is 3.03. The summed E-state index contributed by atoms with van der Waals surface area (Å²) in [6.07, 6.45) is 4.95. The Morgan fingerprint density at radius 1 is 1.50 bits per heavy atom. The average Bonchev–Trinajstić information content (AvgIpc) is 3.23. The second kappa shape index (κ2) is 7.05. The SMILES string of the molecule is CC(NC[C@H]1CCO[C@@H]1c1cn[nH]c1)c1cccc(CO)c1. The van der Waals surface area contributed by atoms with Crippen LogP contribution in [-0.2, 0) is 11.3 Å². The van der Waals surface area contributed by atoms with E-state index < -0.39 is 0 Å².